The molecule has 7 nitrogen and oxygen atoms in total. The molecule has 29 heavy (non-hydrogen) atoms. The normalized spacial score (nSPS) is 34.9. The lowest BCUT2D eigenvalue weighted by Crippen LogP contribution is -2.54. The minimum Gasteiger partial charge on any atom is -0.368 e. The zero-order valence-corrected chi connectivity index (χ0v) is 17.0. The molecule has 0 radical (unpaired) electrons. The van der Waals surface area contributed by atoms with E-state index < -0.39 is 0 Å². The number of anilines is 1. The van der Waals surface area contributed by atoms with E-state index in [-0.39, 0.29) is 36.0 Å². The molecule has 0 aromatic heterocycles. The van der Waals surface area contributed by atoms with Gasteiger partial charge in [-0.2, -0.15) is 5.26 Å². The average Bonchev–Trinajstić information content (AvgIpc) is 3.28. The number of amides is 1. The Morgan fingerprint density at radius 2 is 1.97 bits per heavy atom. The number of nitriles is 1. The first-order chi connectivity index (χ1) is 14.1. The largest absolute Gasteiger partial charge is 0.368 e. The summed E-state index contributed by atoms with van der Waals surface area (Å²) in [4.78, 5) is 15.1. The zero-order valence-electron chi connectivity index (χ0n) is 17.0. The van der Waals surface area contributed by atoms with Crippen molar-refractivity contribution in [2.45, 2.75) is 63.4 Å². The summed E-state index contributed by atoms with van der Waals surface area (Å²) >= 11 is 0. The van der Waals surface area contributed by atoms with Crippen LogP contribution in [0.25, 0.3) is 0 Å². The van der Waals surface area contributed by atoms with Crippen LogP contribution in [0.3, 0.4) is 0 Å². The topological polar surface area (TPSA) is 83.4 Å². The maximum Gasteiger partial charge on any atom is 0.228 e. The number of nitrogens with one attached hydrogen (secondary N) is 3. The molecule has 7 heteroatoms. The van der Waals surface area contributed by atoms with Crippen LogP contribution in [-0.2, 0) is 17.9 Å². The molecule has 5 atom stereocenters. The van der Waals surface area contributed by atoms with Crippen LogP contribution in [0.4, 0.5) is 5.69 Å². The highest BCUT2D eigenvalue weighted by Crippen LogP contribution is 2.36. The van der Waals surface area contributed by atoms with Crippen molar-refractivity contribution in [1.82, 2.24) is 20.7 Å². The van der Waals surface area contributed by atoms with Crippen molar-refractivity contribution in [1.29, 1.82) is 5.26 Å². The molecule has 1 saturated carbocycles. The van der Waals surface area contributed by atoms with Crippen molar-refractivity contribution in [3.05, 3.63) is 29.3 Å². The van der Waals surface area contributed by atoms with E-state index in [1.807, 2.05) is 0 Å². The van der Waals surface area contributed by atoms with Gasteiger partial charge < -0.3 is 10.6 Å². The fraction of sp³-hybridized carbons (Fsp3) is 0.636. The van der Waals surface area contributed by atoms with Crippen LogP contribution in [0, 0.1) is 23.2 Å². The zero-order chi connectivity index (χ0) is 20.0. The Balaban J connectivity index is 1.39. The Labute approximate surface area is 172 Å². The molecule has 3 heterocycles. The number of rotatable bonds is 3. The first kappa shape index (κ1) is 18.9. The summed E-state index contributed by atoms with van der Waals surface area (Å²) in [5.74, 6) is -0.00363. The van der Waals surface area contributed by atoms with E-state index in [0.717, 1.165) is 50.9 Å². The Morgan fingerprint density at radius 1 is 1.14 bits per heavy atom. The maximum atomic E-state index is 12.8. The first-order valence-corrected chi connectivity index (χ1v) is 10.9. The number of carbonyl (C=O) groups excluding carboxylic acids is 1. The molecular formula is C22H30N6O. The summed E-state index contributed by atoms with van der Waals surface area (Å²) in [5, 5.41) is 18.6. The van der Waals surface area contributed by atoms with E-state index in [1.54, 1.807) is 0 Å². The fourth-order valence-corrected chi connectivity index (χ4v) is 5.73. The van der Waals surface area contributed by atoms with Gasteiger partial charge in [0.2, 0.25) is 5.91 Å². The van der Waals surface area contributed by atoms with Gasteiger partial charge in [-0.3, -0.25) is 9.69 Å². The molecule has 1 aromatic carbocycles. The van der Waals surface area contributed by atoms with E-state index in [1.165, 1.54) is 11.1 Å². The summed E-state index contributed by atoms with van der Waals surface area (Å²) in [6.07, 6.45) is 5.03. The minimum atomic E-state index is -0.154. The van der Waals surface area contributed by atoms with Crippen LogP contribution in [0.5, 0.6) is 0 Å². The van der Waals surface area contributed by atoms with Gasteiger partial charge in [-0.05, 0) is 49.6 Å². The minimum absolute atomic E-state index is 0.0381. The summed E-state index contributed by atoms with van der Waals surface area (Å²) in [5.41, 5.74) is 7.41. The van der Waals surface area contributed by atoms with Crippen LogP contribution >= 0.6 is 0 Å². The van der Waals surface area contributed by atoms with Gasteiger partial charge in [0.05, 0.1) is 17.9 Å². The SMILES string of the molecule is CN1Cc2ccc(NC3NN([C@H]4CCCC[C@@H]4C#N)C4CCNC(=O)C34)cc2C1. The van der Waals surface area contributed by atoms with Crippen LogP contribution < -0.4 is 16.1 Å². The van der Waals surface area contributed by atoms with Gasteiger partial charge in [0.1, 0.15) is 6.17 Å². The van der Waals surface area contributed by atoms with Crippen LogP contribution in [-0.4, -0.2) is 47.7 Å². The predicted octanol–water partition coefficient (Wildman–Crippen LogP) is 1.78. The van der Waals surface area contributed by atoms with Crippen molar-refractivity contribution in [2.24, 2.45) is 11.8 Å². The third-order valence-corrected chi connectivity index (χ3v) is 7.12. The first-order valence-electron chi connectivity index (χ1n) is 10.9. The molecule has 4 aliphatic rings. The quantitative estimate of drug-likeness (QED) is 0.725. The number of hydrazine groups is 1. The van der Waals surface area contributed by atoms with E-state index in [9.17, 15) is 10.1 Å². The number of carbonyl (C=O) groups is 1. The summed E-state index contributed by atoms with van der Waals surface area (Å²) in [6.45, 7) is 2.67. The van der Waals surface area contributed by atoms with E-state index in [2.05, 4.69) is 57.3 Å². The Hall–Kier alpha value is -2.14. The second-order valence-electron chi connectivity index (χ2n) is 9.07. The lowest BCUT2D eigenvalue weighted by Gasteiger charge is -2.39. The number of hydrogen-bond acceptors (Lipinski definition) is 6. The van der Waals surface area contributed by atoms with Crippen molar-refractivity contribution < 1.29 is 4.79 Å². The average molecular weight is 395 g/mol. The Morgan fingerprint density at radius 3 is 2.83 bits per heavy atom. The molecule has 3 unspecified atom stereocenters. The second-order valence-corrected chi connectivity index (χ2v) is 9.07. The third kappa shape index (κ3) is 3.39. The van der Waals surface area contributed by atoms with Crippen LogP contribution in [0.1, 0.15) is 43.2 Å². The monoisotopic (exact) mass is 394 g/mol. The van der Waals surface area contributed by atoms with E-state index >= 15 is 0 Å². The maximum absolute atomic E-state index is 12.8. The van der Waals surface area contributed by atoms with Gasteiger partial charge in [0, 0.05) is 37.4 Å². The molecule has 0 spiro atoms. The lowest BCUT2D eigenvalue weighted by atomic mass is 9.83. The van der Waals surface area contributed by atoms with Gasteiger partial charge in [0.25, 0.3) is 0 Å². The Bertz CT molecular complexity index is 835. The van der Waals surface area contributed by atoms with E-state index in [4.69, 9.17) is 0 Å². The van der Waals surface area contributed by atoms with Gasteiger partial charge >= 0.3 is 0 Å². The van der Waals surface area contributed by atoms with Gasteiger partial charge in [-0.25, -0.2) is 10.4 Å². The third-order valence-electron chi connectivity index (χ3n) is 7.12. The number of hydrogen-bond donors (Lipinski definition) is 3. The molecule has 5 rings (SSSR count). The van der Waals surface area contributed by atoms with Gasteiger partial charge in [-0.15, -0.1) is 0 Å². The second kappa shape index (κ2) is 7.60. The van der Waals surface area contributed by atoms with Gasteiger partial charge in [-0.1, -0.05) is 18.9 Å². The fourth-order valence-electron chi connectivity index (χ4n) is 5.73. The standard InChI is InChI=1S/C22H30N6O/c1-27-12-15-6-7-17(10-16(15)13-27)25-21-20-19(8-9-24-22(20)29)28(26-21)18-5-3-2-4-14(18)11-23/h6-7,10,14,18-21,25-26H,2-5,8-9,12-13H2,1H3,(H,24,29)/t14-,18+,19?,20?,21?/m1/s1. The molecule has 1 aromatic rings. The summed E-state index contributed by atoms with van der Waals surface area (Å²) in [6, 6.07) is 9.39. The summed E-state index contributed by atoms with van der Waals surface area (Å²) < 4.78 is 0. The van der Waals surface area contributed by atoms with E-state index in [0.29, 0.717) is 6.54 Å². The van der Waals surface area contributed by atoms with Gasteiger partial charge in [0.15, 0.2) is 0 Å². The number of fused-ring (bicyclic) bond motifs is 2. The molecule has 1 aliphatic carbocycles. The number of nitrogens with zero attached hydrogens (tertiary/aromatic N) is 3. The number of piperidine rings is 1. The van der Waals surface area contributed by atoms with Crippen molar-refractivity contribution in [2.75, 3.05) is 18.9 Å². The molecule has 1 amide bonds. The predicted molar refractivity (Wildman–Crippen MR) is 110 cm³/mol. The molecule has 0 bridgehead atoms. The Kier molecular flexibility index (Phi) is 4.94. The molecule has 3 aliphatic heterocycles. The molecule has 3 fully saturated rings. The highest BCUT2D eigenvalue weighted by atomic mass is 16.2. The van der Waals surface area contributed by atoms with Crippen LogP contribution in [0.2, 0.25) is 0 Å². The molecular weight excluding hydrogens is 364 g/mol. The highest BCUT2D eigenvalue weighted by molar-refractivity contribution is 5.82. The van der Waals surface area contributed by atoms with Crippen molar-refractivity contribution in [3.8, 4) is 6.07 Å². The molecule has 2 saturated heterocycles. The molecule has 154 valence electrons. The highest BCUT2D eigenvalue weighted by Gasteiger charge is 2.51. The van der Waals surface area contributed by atoms with Crippen molar-refractivity contribution in [3.63, 3.8) is 0 Å². The lowest BCUT2D eigenvalue weighted by molar-refractivity contribution is -0.128. The van der Waals surface area contributed by atoms with Crippen LogP contribution in [0.15, 0.2) is 18.2 Å². The molecule has 3 N–H and O–H groups in total. The number of benzene rings is 1. The van der Waals surface area contributed by atoms with Crippen molar-refractivity contribution >= 4 is 11.6 Å². The summed E-state index contributed by atoms with van der Waals surface area (Å²) in [7, 11) is 2.14. The smallest absolute Gasteiger partial charge is 0.228 e.